The number of guanidine groups is 1. The number of halogens is 1. The molecule has 2 aromatic rings. The molecule has 6 heteroatoms. The van der Waals surface area contributed by atoms with Gasteiger partial charge in [0.15, 0.2) is 5.96 Å². The zero-order valence-electron chi connectivity index (χ0n) is 15.1. The van der Waals surface area contributed by atoms with Gasteiger partial charge >= 0.3 is 0 Å². The van der Waals surface area contributed by atoms with Crippen LogP contribution in [0.1, 0.15) is 22.2 Å². The molecule has 0 aliphatic rings. The number of nitrogens with zero attached hydrogens (tertiary/aromatic N) is 1. The van der Waals surface area contributed by atoms with Crippen molar-refractivity contribution < 1.29 is 4.74 Å². The molecule has 0 fully saturated rings. The van der Waals surface area contributed by atoms with E-state index in [0.717, 1.165) is 25.7 Å². The first-order valence-corrected chi connectivity index (χ1v) is 9.10. The van der Waals surface area contributed by atoms with Crippen molar-refractivity contribution in [2.75, 3.05) is 20.2 Å². The lowest BCUT2D eigenvalue weighted by molar-refractivity contribution is 0.0931. The van der Waals surface area contributed by atoms with Crippen molar-refractivity contribution in [2.24, 2.45) is 10.9 Å². The molecule has 0 aliphatic heterocycles. The third kappa shape index (κ3) is 8.69. The smallest absolute Gasteiger partial charge is 0.191 e. The van der Waals surface area contributed by atoms with Gasteiger partial charge in [0.25, 0.3) is 0 Å². The minimum Gasteiger partial charge on any atom is -0.376 e. The highest BCUT2D eigenvalue weighted by atomic mass is 127. The molecule has 2 N–H and O–H groups in total. The van der Waals surface area contributed by atoms with E-state index in [0.29, 0.717) is 12.5 Å². The predicted octanol–water partition coefficient (Wildman–Crippen LogP) is 4.19. The molecule has 0 saturated heterocycles. The second-order valence-electron chi connectivity index (χ2n) is 5.92. The maximum atomic E-state index is 5.78. The van der Waals surface area contributed by atoms with Crippen LogP contribution < -0.4 is 10.6 Å². The molecule has 1 atom stereocenters. The quantitative estimate of drug-likeness (QED) is 0.343. The molecule has 0 aliphatic carbocycles. The van der Waals surface area contributed by atoms with Crippen LogP contribution in [0.2, 0.25) is 0 Å². The van der Waals surface area contributed by atoms with Crippen LogP contribution in [0.25, 0.3) is 0 Å². The van der Waals surface area contributed by atoms with Gasteiger partial charge in [-0.1, -0.05) is 37.3 Å². The van der Waals surface area contributed by atoms with E-state index >= 15 is 0 Å². The summed E-state index contributed by atoms with van der Waals surface area (Å²) < 4.78 is 5.78. The van der Waals surface area contributed by atoms with Gasteiger partial charge in [-0.15, -0.1) is 35.3 Å². The number of hydrogen-bond donors (Lipinski definition) is 2. The Balaban J connectivity index is 0.00000312. The van der Waals surface area contributed by atoms with Crippen LogP contribution in [0.5, 0.6) is 0 Å². The summed E-state index contributed by atoms with van der Waals surface area (Å²) in [6.07, 6.45) is 0. The Bertz CT molecular complexity index is 631. The summed E-state index contributed by atoms with van der Waals surface area (Å²) in [5, 5.41) is 6.70. The molecule has 0 spiro atoms. The van der Waals surface area contributed by atoms with Crippen molar-refractivity contribution in [1.29, 1.82) is 0 Å². The Labute approximate surface area is 172 Å². The largest absolute Gasteiger partial charge is 0.376 e. The molecule has 1 aromatic heterocycles. The average molecular weight is 473 g/mol. The summed E-state index contributed by atoms with van der Waals surface area (Å²) >= 11 is 1.81. The van der Waals surface area contributed by atoms with Gasteiger partial charge in [0.05, 0.1) is 19.8 Å². The summed E-state index contributed by atoms with van der Waals surface area (Å²) in [4.78, 5) is 6.91. The zero-order valence-corrected chi connectivity index (χ0v) is 18.3. The lowest BCUT2D eigenvalue weighted by Crippen LogP contribution is -2.39. The minimum atomic E-state index is 0. The number of ether oxygens (including phenoxy) is 1. The van der Waals surface area contributed by atoms with E-state index in [2.05, 4.69) is 53.7 Å². The first kappa shape index (κ1) is 21.9. The van der Waals surface area contributed by atoms with Crippen LogP contribution >= 0.6 is 35.3 Å². The number of thiophene rings is 1. The molecular formula is C19H28IN3OS. The molecule has 4 nitrogen and oxygen atoms in total. The van der Waals surface area contributed by atoms with Crippen molar-refractivity contribution in [3.8, 4) is 0 Å². The molecule has 1 unspecified atom stereocenters. The maximum Gasteiger partial charge on any atom is 0.191 e. The monoisotopic (exact) mass is 473 g/mol. The standard InChI is InChI=1S/C19H27N3OS.HI/c1-15(13-23-14-17-7-5-4-6-8-17)11-21-19(20-3)22-12-18-10-9-16(2)24-18;/h4-10,15H,11-14H2,1-3H3,(H2,20,21,22);1H. The van der Waals surface area contributed by atoms with E-state index in [1.165, 1.54) is 15.3 Å². The van der Waals surface area contributed by atoms with E-state index in [1.54, 1.807) is 7.05 Å². The van der Waals surface area contributed by atoms with E-state index < -0.39 is 0 Å². The summed E-state index contributed by atoms with van der Waals surface area (Å²) in [6.45, 7) is 7.32. The number of hydrogen-bond acceptors (Lipinski definition) is 3. The highest BCUT2D eigenvalue weighted by Crippen LogP contribution is 2.14. The van der Waals surface area contributed by atoms with E-state index in [4.69, 9.17) is 4.74 Å². The lowest BCUT2D eigenvalue weighted by atomic mass is 10.2. The van der Waals surface area contributed by atoms with Crippen molar-refractivity contribution in [1.82, 2.24) is 10.6 Å². The number of aryl methyl sites for hydroxylation is 1. The topological polar surface area (TPSA) is 45.7 Å². The van der Waals surface area contributed by atoms with Gasteiger partial charge in [0.1, 0.15) is 0 Å². The number of aliphatic imine (C=N–C) groups is 1. The molecular weight excluding hydrogens is 445 g/mol. The van der Waals surface area contributed by atoms with Crippen molar-refractivity contribution in [3.63, 3.8) is 0 Å². The molecule has 2 rings (SSSR count). The van der Waals surface area contributed by atoms with Gasteiger partial charge < -0.3 is 15.4 Å². The maximum absolute atomic E-state index is 5.78. The Hall–Kier alpha value is -1.12. The van der Waals surface area contributed by atoms with E-state index in [1.807, 2.05) is 29.5 Å². The van der Waals surface area contributed by atoms with Crippen molar-refractivity contribution >= 4 is 41.3 Å². The highest BCUT2D eigenvalue weighted by Gasteiger charge is 2.05. The van der Waals surface area contributed by atoms with Gasteiger partial charge in [0, 0.05) is 23.3 Å². The number of benzene rings is 1. The second-order valence-corrected chi connectivity index (χ2v) is 7.30. The third-order valence-corrected chi connectivity index (χ3v) is 4.58. The van der Waals surface area contributed by atoms with Crippen LogP contribution in [0, 0.1) is 12.8 Å². The fraction of sp³-hybridized carbons (Fsp3) is 0.421. The number of rotatable bonds is 8. The lowest BCUT2D eigenvalue weighted by Gasteiger charge is -2.16. The molecule has 0 bridgehead atoms. The highest BCUT2D eigenvalue weighted by molar-refractivity contribution is 14.0. The first-order valence-electron chi connectivity index (χ1n) is 8.29. The van der Waals surface area contributed by atoms with Crippen molar-refractivity contribution in [2.45, 2.75) is 27.0 Å². The SMILES string of the molecule is CN=C(NCc1ccc(C)s1)NCC(C)COCc1ccccc1.I. The van der Waals surface area contributed by atoms with E-state index in [-0.39, 0.29) is 24.0 Å². The molecule has 25 heavy (non-hydrogen) atoms. The van der Waals surface area contributed by atoms with Crippen LogP contribution in [-0.2, 0) is 17.9 Å². The Morgan fingerprint density at radius 3 is 2.56 bits per heavy atom. The molecule has 0 radical (unpaired) electrons. The van der Waals surface area contributed by atoms with E-state index in [9.17, 15) is 0 Å². The van der Waals surface area contributed by atoms with Gasteiger partial charge in [-0.3, -0.25) is 4.99 Å². The number of nitrogens with one attached hydrogen (secondary N) is 2. The second kappa shape index (κ2) is 12.3. The summed E-state index contributed by atoms with van der Waals surface area (Å²) in [7, 11) is 1.80. The first-order chi connectivity index (χ1) is 11.7. The Kier molecular flexibility index (Phi) is 10.8. The molecule has 0 saturated carbocycles. The average Bonchev–Trinajstić information content (AvgIpc) is 3.01. The van der Waals surface area contributed by atoms with Gasteiger partial charge in [-0.05, 0) is 30.5 Å². The molecule has 138 valence electrons. The van der Waals surface area contributed by atoms with Crippen molar-refractivity contribution in [3.05, 3.63) is 57.8 Å². The molecule has 0 amide bonds. The molecule has 1 heterocycles. The van der Waals surface area contributed by atoms with Crippen LogP contribution in [-0.4, -0.2) is 26.2 Å². The third-order valence-electron chi connectivity index (χ3n) is 3.58. The predicted molar refractivity (Wildman–Crippen MR) is 118 cm³/mol. The fourth-order valence-electron chi connectivity index (χ4n) is 2.25. The fourth-order valence-corrected chi connectivity index (χ4v) is 3.08. The summed E-state index contributed by atoms with van der Waals surface area (Å²) in [5.41, 5.74) is 1.21. The van der Waals surface area contributed by atoms with Crippen LogP contribution in [0.15, 0.2) is 47.5 Å². The Morgan fingerprint density at radius 1 is 1.16 bits per heavy atom. The summed E-state index contributed by atoms with van der Waals surface area (Å²) in [6, 6.07) is 14.6. The zero-order chi connectivity index (χ0) is 17.2. The molecule has 1 aromatic carbocycles. The minimum absolute atomic E-state index is 0. The van der Waals surface area contributed by atoms with Crippen LogP contribution in [0.4, 0.5) is 0 Å². The Morgan fingerprint density at radius 2 is 1.92 bits per heavy atom. The van der Waals surface area contributed by atoms with Gasteiger partial charge in [-0.2, -0.15) is 0 Å². The van der Waals surface area contributed by atoms with Gasteiger partial charge in [0.2, 0.25) is 0 Å². The van der Waals surface area contributed by atoms with Gasteiger partial charge in [-0.25, -0.2) is 0 Å². The normalized spacial score (nSPS) is 12.4. The summed E-state index contributed by atoms with van der Waals surface area (Å²) in [5.74, 6) is 1.24. The van der Waals surface area contributed by atoms with Crippen LogP contribution in [0.3, 0.4) is 0 Å².